The van der Waals surface area contributed by atoms with Gasteiger partial charge in [-0.15, -0.1) is 22.9 Å². The molecule has 0 aliphatic heterocycles. The minimum atomic E-state index is 0.00860. The van der Waals surface area contributed by atoms with E-state index in [9.17, 15) is 4.79 Å². The van der Waals surface area contributed by atoms with Crippen LogP contribution in [-0.4, -0.2) is 17.9 Å². The van der Waals surface area contributed by atoms with E-state index in [1.54, 1.807) is 23.3 Å². The van der Waals surface area contributed by atoms with E-state index in [0.29, 0.717) is 18.0 Å². The lowest BCUT2D eigenvalue weighted by molar-refractivity contribution is 0.0785. The molecule has 5 heteroatoms. The molecule has 100 valence electrons. The van der Waals surface area contributed by atoms with Crippen LogP contribution in [0.15, 0.2) is 39.5 Å². The summed E-state index contributed by atoms with van der Waals surface area (Å²) in [4.78, 5) is 14.0. The van der Waals surface area contributed by atoms with Crippen molar-refractivity contribution in [1.82, 2.24) is 4.90 Å². The minimum absolute atomic E-state index is 0.00860. The molecule has 0 fully saturated rings. The van der Waals surface area contributed by atoms with E-state index in [1.165, 1.54) is 0 Å². The number of halogens is 2. The number of rotatable bonds is 4. The topological polar surface area (TPSA) is 20.3 Å². The van der Waals surface area contributed by atoms with Gasteiger partial charge in [0.05, 0.1) is 3.79 Å². The molecular weight excluding hydrogens is 346 g/mol. The molecule has 0 N–H and O–H groups in total. The molecule has 0 saturated heterocycles. The lowest BCUT2D eigenvalue weighted by Gasteiger charge is -2.16. The molecule has 0 saturated carbocycles. The second kappa shape index (κ2) is 6.55. The van der Waals surface area contributed by atoms with Crippen molar-refractivity contribution in [2.24, 2.45) is 0 Å². The number of nitrogens with zero attached hydrogens (tertiary/aromatic N) is 1. The van der Waals surface area contributed by atoms with E-state index in [4.69, 9.17) is 11.6 Å². The van der Waals surface area contributed by atoms with Crippen molar-refractivity contribution in [3.63, 3.8) is 0 Å². The molecule has 0 aliphatic rings. The number of hydrogen-bond acceptors (Lipinski definition) is 2. The molecule has 0 spiro atoms. The van der Waals surface area contributed by atoms with Crippen molar-refractivity contribution in [1.29, 1.82) is 0 Å². The number of hydrogen-bond donors (Lipinski definition) is 0. The standard InChI is InChI=1S/C14H13BrClNOS/c1-17(8-11-6-13(15)19-9-11)14(18)12-4-2-3-10(5-12)7-16/h2-6,9H,7-8H2,1H3. The van der Waals surface area contributed by atoms with Crippen LogP contribution < -0.4 is 0 Å². The van der Waals surface area contributed by atoms with E-state index >= 15 is 0 Å². The van der Waals surface area contributed by atoms with Crippen molar-refractivity contribution in [2.45, 2.75) is 12.4 Å². The Morgan fingerprint density at radius 3 is 2.79 bits per heavy atom. The van der Waals surface area contributed by atoms with Gasteiger partial charge in [0, 0.05) is 25.0 Å². The third-order valence-corrected chi connectivity index (χ3v) is 4.58. The molecule has 0 radical (unpaired) electrons. The maximum atomic E-state index is 12.3. The molecule has 0 bridgehead atoms. The van der Waals surface area contributed by atoms with Crippen molar-refractivity contribution < 1.29 is 4.79 Å². The summed E-state index contributed by atoms with van der Waals surface area (Å²) >= 11 is 10.8. The highest BCUT2D eigenvalue weighted by molar-refractivity contribution is 9.11. The largest absolute Gasteiger partial charge is 0.337 e. The summed E-state index contributed by atoms with van der Waals surface area (Å²) in [6.07, 6.45) is 0. The van der Waals surface area contributed by atoms with Gasteiger partial charge in [-0.1, -0.05) is 12.1 Å². The number of thiophene rings is 1. The molecule has 2 aromatic rings. The smallest absolute Gasteiger partial charge is 0.253 e. The van der Waals surface area contributed by atoms with E-state index < -0.39 is 0 Å². The van der Waals surface area contributed by atoms with Gasteiger partial charge in [-0.25, -0.2) is 0 Å². The molecule has 1 aromatic heterocycles. The van der Waals surface area contributed by atoms with Gasteiger partial charge in [-0.2, -0.15) is 0 Å². The van der Waals surface area contributed by atoms with E-state index in [0.717, 1.165) is 14.9 Å². The number of benzene rings is 1. The molecule has 0 atom stereocenters. The van der Waals surface area contributed by atoms with Crippen molar-refractivity contribution >= 4 is 44.8 Å². The second-order valence-electron chi connectivity index (χ2n) is 4.25. The molecule has 0 aliphatic carbocycles. The summed E-state index contributed by atoms with van der Waals surface area (Å²) in [5.74, 6) is 0.428. The fourth-order valence-electron chi connectivity index (χ4n) is 1.78. The van der Waals surface area contributed by atoms with Gasteiger partial charge in [-0.3, -0.25) is 4.79 Å². The maximum absolute atomic E-state index is 12.3. The Kier molecular flexibility index (Phi) is 5.02. The summed E-state index contributed by atoms with van der Waals surface area (Å²) in [5, 5.41) is 2.04. The van der Waals surface area contributed by atoms with Crippen LogP contribution in [0.4, 0.5) is 0 Å². The molecule has 1 heterocycles. The van der Waals surface area contributed by atoms with Crippen LogP contribution in [0.2, 0.25) is 0 Å². The van der Waals surface area contributed by atoms with Crippen molar-refractivity contribution in [3.05, 3.63) is 56.2 Å². The van der Waals surface area contributed by atoms with Gasteiger partial charge < -0.3 is 4.90 Å². The summed E-state index contributed by atoms with van der Waals surface area (Å²) < 4.78 is 1.08. The SMILES string of the molecule is CN(Cc1csc(Br)c1)C(=O)c1cccc(CCl)c1. The molecule has 1 amide bonds. The summed E-state index contributed by atoms with van der Waals surface area (Å²) in [7, 11) is 1.81. The Labute approximate surface area is 130 Å². The molecule has 2 nitrogen and oxygen atoms in total. The highest BCUT2D eigenvalue weighted by Gasteiger charge is 2.13. The average molecular weight is 359 g/mol. The summed E-state index contributed by atoms with van der Waals surface area (Å²) in [6, 6.07) is 9.47. The Morgan fingerprint density at radius 2 is 2.16 bits per heavy atom. The van der Waals surface area contributed by atoms with Crippen LogP contribution in [0.3, 0.4) is 0 Å². The van der Waals surface area contributed by atoms with E-state index in [-0.39, 0.29) is 5.91 Å². The van der Waals surface area contributed by atoms with Crippen LogP contribution in [0, 0.1) is 0 Å². The monoisotopic (exact) mass is 357 g/mol. The van der Waals surface area contributed by atoms with Crippen molar-refractivity contribution in [2.75, 3.05) is 7.05 Å². The Morgan fingerprint density at radius 1 is 1.37 bits per heavy atom. The van der Waals surface area contributed by atoms with Gasteiger partial charge in [0.15, 0.2) is 0 Å². The normalized spacial score (nSPS) is 10.5. The first-order valence-electron chi connectivity index (χ1n) is 5.73. The summed E-state index contributed by atoms with van der Waals surface area (Å²) in [6.45, 7) is 0.603. The second-order valence-corrected chi connectivity index (χ2v) is 6.81. The zero-order valence-corrected chi connectivity index (χ0v) is 13.6. The Balaban J connectivity index is 2.09. The Bertz CT molecular complexity index is 584. The highest BCUT2D eigenvalue weighted by Crippen LogP contribution is 2.22. The maximum Gasteiger partial charge on any atom is 0.253 e. The molecule has 1 aromatic carbocycles. The highest BCUT2D eigenvalue weighted by atomic mass is 79.9. The first-order chi connectivity index (χ1) is 9.10. The van der Waals surface area contributed by atoms with E-state index in [2.05, 4.69) is 15.9 Å². The molecular formula is C14H13BrClNOS. The van der Waals surface area contributed by atoms with Crippen molar-refractivity contribution in [3.8, 4) is 0 Å². The quantitative estimate of drug-likeness (QED) is 0.736. The van der Waals surface area contributed by atoms with Crippen LogP contribution in [0.1, 0.15) is 21.5 Å². The van der Waals surface area contributed by atoms with Crippen LogP contribution in [-0.2, 0) is 12.4 Å². The number of carbonyl (C=O) groups excluding carboxylic acids is 1. The number of amides is 1. The average Bonchev–Trinajstić information content (AvgIpc) is 2.83. The zero-order chi connectivity index (χ0) is 13.8. The molecule has 0 unspecified atom stereocenters. The predicted molar refractivity (Wildman–Crippen MR) is 83.8 cm³/mol. The van der Waals surface area contributed by atoms with Gasteiger partial charge in [0.2, 0.25) is 0 Å². The van der Waals surface area contributed by atoms with Gasteiger partial charge in [0.25, 0.3) is 5.91 Å². The van der Waals surface area contributed by atoms with Gasteiger partial charge >= 0.3 is 0 Å². The fraction of sp³-hybridized carbons (Fsp3) is 0.214. The molecule has 19 heavy (non-hydrogen) atoms. The van der Waals surface area contributed by atoms with E-state index in [1.807, 2.05) is 35.7 Å². The Hall–Kier alpha value is -0.840. The lowest BCUT2D eigenvalue weighted by Crippen LogP contribution is -2.26. The fourth-order valence-corrected chi connectivity index (χ4v) is 3.15. The third kappa shape index (κ3) is 3.81. The van der Waals surface area contributed by atoms with Crippen LogP contribution in [0.5, 0.6) is 0 Å². The third-order valence-electron chi connectivity index (χ3n) is 2.72. The van der Waals surface area contributed by atoms with Gasteiger partial charge in [-0.05, 0) is 50.6 Å². The summed E-state index contributed by atoms with van der Waals surface area (Å²) in [5.41, 5.74) is 2.76. The lowest BCUT2D eigenvalue weighted by atomic mass is 10.1. The minimum Gasteiger partial charge on any atom is -0.337 e. The zero-order valence-electron chi connectivity index (χ0n) is 10.4. The molecule has 2 rings (SSSR count). The van der Waals surface area contributed by atoms with Crippen LogP contribution >= 0.6 is 38.9 Å². The first kappa shape index (κ1) is 14.6. The predicted octanol–water partition coefficient (Wildman–Crippen LogP) is 4.52. The number of alkyl halides is 1. The van der Waals surface area contributed by atoms with Gasteiger partial charge in [0.1, 0.15) is 0 Å². The number of carbonyl (C=O) groups is 1. The first-order valence-corrected chi connectivity index (χ1v) is 7.94. The van der Waals surface area contributed by atoms with Crippen LogP contribution in [0.25, 0.3) is 0 Å².